The van der Waals surface area contributed by atoms with Crippen LogP contribution in [-0.2, 0) is 5.41 Å². The zero-order valence-corrected chi connectivity index (χ0v) is 12.0. The summed E-state index contributed by atoms with van der Waals surface area (Å²) in [6.07, 6.45) is 1.99. The molecule has 102 valence electrons. The van der Waals surface area contributed by atoms with Gasteiger partial charge in [-0.15, -0.1) is 0 Å². The van der Waals surface area contributed by atoms with Crippen molar-refractivity contribution < 1.29 is 9.47 Å². The minimum atomic E-state index is 0.0394. The van der Waals surface area contributed by atoms with Gasteiger partial charge in [-0.3, -0.25) is 0 Å². The second kappa shape index (κ2) is 6.64. The van der Waals surface area contributed by atoms with E-state index in [9.17, 15) is 0 Å². The van der Waals surface area contributed by atoms with Crippen LogP contribution in [0.5, 0.6) is 11.5 Å². The van der Waals surface area contributed by atoms with Crippen molar-refractivity contribution in [2.75, 3.05) is 20.3 Å². The number of methoxy groups -OCH3 is 1. The summed E-state index contributed by atoms with van der Waals surface area (Å²) in [4.78, 5) is 0. The van der Waals surface area contributed by atoms with Crippen LogP contribution in [-0.4, -0.2) is 20.3 Å². The van der Waals surface area contributed by atoms with Gasteiger partial charge in [0, 0.05) is 5.56 Å². The molecule has 0 bridgehead atoms. The van der Waals surface area contributed by atoms with Crippen LogP contribution in [0.25, 0.3) is 0 Å². The Bertz CT molecular complexity index is 369. The van der Waals surface area contributed by atoms with Gasteiger partial charge in [-0.2, -0.15) is 0 Å². The Morgan fingerprint density at radius 3 is 2.44 bits per heavy atom. The number of unbranched alkanes of at least 4 members (excludes halogenated alkanes) is 1. The number of rotatable bonds is 6. The maximum atomic E-state index is 5.85. The van der Waals surface area contributed by atoms with Crippen LogP contribution in [0, 0.1) is 0 Å². The first-order valence-electron chi connectivity index (χ1n) is 6.50. The fourth-order valence-electron chi connectivity index (χ4n) is 1.78. The Balaban J connectivity index is 2.82. The predicted molar refractivity (Wildman–Crippen MR) is 75.5 cm³/mol. The second-order valence-corrected chi connectivity index (χ2v) is 5.46. The summed E-state index contributed by atoms with van der Waals surface area (Å²) in [7, 11) is 1.68. The third-order valence-electron chi connectivity index (χ3n) is 2.85. The van der Waals surface area contributed by atoms with Crippen molar-refractivity contribution in [3.8, 4) is 11.5 Å². The molecule has 0 fully saturated rings. The highest BCUT2D eigenvalue weighted by atomic mass is 16.5. The van der Waals surface area contributed by atoms with Gasteiger partial charge < -0.3 is 15.2 Å². The largest absolute Gasteiger partial charge is 0.497 e. The van der Waals surface area contributed by atoms with Gasteiger partial charge in [-0.05, 0) is 43.0 Å². The molecule has 0 spiro atoms. The third kappa shape index (κ3) is 4.22. The van der Waals surface area contributed by atoms with Crippen molar-refractivity contribution in [2.45, 2.75) is 39.0 Å². The van der Waals surface area contributed by atoms with E-state index in [2.05, 4.69) is 26.8 Å². The lowest BCUT2D eigenvalue weighted by Gasteiger charge is -2.23. The highest BCUT2D eigenvalue weighted by Crippen LogP contribution is 2.34. The summed E-state index contributed by atoms with van der Waals surface area (Å²) in [5, 5.41) is 0. The molecule has 1 aromatic rings. The molecule has 0 radical (unpaired) electrons. The quantitative estimate of drug-likeness (QED) is 0.790. The highest BCUT2D eigenvalue weighted by Gasteiger charge is 2.19. The van der Waals surface area contributed by atoms with Crippen LogP contribution in [0.15, 0.2) is 18.2 Å². The first-order chi connectivity index (χ1) is 8.49. The molecule has 0 unspecified atom stereocenters. The summed E-state index contributed by atoms with van der Waals surface area (Å²) in [5.41, 5.74) is 6.69. The number of hydrogen-bond acceptors (Lipinski definition) is 3. The lowest BCUT2D eigenvalue weighted by molar-refractivity contribution is 0.298. The number of benzene rings is 1. The molecule has 0 amide bonds. The molecule has 0 aliphatic rings. The maximum Gasteiger partial charge on any atom is 0.123 e. The van der Waals surface area contributed by atoms with E-state index < -0.39 is 0 Å². The molecular weight excluding hydrogens is 226 g/mol. The molecule has 18 heavy (non-hydrogen) atoms. The van der Waals surface area contributed by atoms with Crippen molar-refractivity contribution >= 4 is 0 Å². The van der Waals surface area contributed by atoms with E-state index in [1.807, 2.05) is 12.1 Å². The van der Waals surface area contributed by atoms with Gasteiger partial charge in [-0.1, -0.05) is 20.8 Å². The van der Waals surface area contributed by atoms with Crippen molar-refractivity contribution in [3.05, 3.63) is 23.8 Å². The summed E-state index contributed by atoms with van der Waals surface area (Å²) >= 11 is 0. The van der Waals surface area contributed by atoms with E-state index in [1.165, 1.54) is 5.56 Å². The standard InChI is InChI=1S/C15H25NO2/c1-15(2,3)13-11-12(17-4)7-8-14(13)18-10-6-5-9-16/h7-8,11H,5-6,9-10,16H2,1-4H3. The van der Waals surface area contributed by atoms with E-state index in [1.54, 1.807) is 7.11 Å². The molecule has 0 aliphatic carbocycles. The summed E-state index contributed by atoms with van der Waals surface area (Å²) in [6, 6.07) is 5.98. The van der Waals surface area contributed by atoms with Crippen LogP contribution in [0.4, 0.5) is 0 Å². The number of nitrogens with two attached hydrogens (primary N) is 1. The van der Waals surface area contributed by atoms with E-state index >= 15 is 0 Å². The van der Waals surface area contributed by atoms with Crippen molar-refractivity contribution in [1.29, 1.82) is 0 Å². The molecule has 3 nitrogen and oxygen atoms in total. The van der Waals surface area contributed by atoms with E-state index in [-0.39, 0.29) is 5.41 Å². The Labute approximate surface area is 110 Å². The highest BCUT2D eigenvalue weighted by molar-refractivity contribution is 5.44. The molecule has 1 aromatic carbocycles. The first kappa shape index (κ1) is 14.8. The minimum Gasteiger partial charge on any atom is -0.497 e. The molecule has 2 N–H and O–H groups in total. The lowest BCUT2D eigenvalue weighted by Crippen LogP contribution is -2.14. The van der Waals surface area contributed by atoms with E-state index in [0.717, 1.165) is 30.9 Å². The Morgan fingerprint density at radius 2 is 1.89 bits per heavy atom. The summed E-state index contributed by atoms with van der Waals surface area (Å²) in [5.74, 6) is 1.81. The lowest BCUT2D eigenvalue weighted by atomic mass is 9.86. The fourth-order valence-corrected chi connectivity index (χ4v) is 1.78. The number of ether oxygens (including phenoxy) is 2. The Kier molecular flexibility index (Phi) is 5.48. The van der Waals surface area contributed by atoms with E-state index in [4.69, 9.17) is 15.2 Å². The normalized spacial score (nSPS) is 11.4. The second-order valence-electron chi connectivity index (χ2n) is 5.46. The molecule has 0 aliphatic heterocycles. The maximum absolute atomic E-state index is 5.85. The smallest absolute Gasteiger partial charge is 0.123 e. The van der Waals surface area contributed by atoms with Crippen LogP contribution >= 0.6 is 0 Å². The topological polar surface area (TPSA) is 44.5 Å². The zero-order valence-electron chi connectivity index (χ0n) is 12.0. The fraction of sp³-hybridized carbons (Fsp3) is 0.600. The molecular formula is C15H25NO2. The average Bonchev–Trinajstić information content (AvgIpc) is 2.33. The van der Waals surface area contributed by atoms with Gasteiger partial charge in [0.25, 0.3) is 0 Å². The van der Waals surface area contributed by atoms with Crippen molar-refractivity contribution in [2.24, 2.45) is 5.73 Å². The van der Waals surface area contributed by atoms with Gasteiger partial charge in [0.2, 0.25) is 0 Å². The predicted octanol–water partition coefficient (Wildman–Crippen LogP) is 3.11. The van der Waals surface area contributed by atoms with Crippen LogP contribution in [0.1, 0.15) is 39.2 Å². The SMILES string of the molecule is COc1ccc(OCCCCN)c(C(C)(C)C)c1. The molecule has 0 saturated carbocycles. The summed E-state index contributed by atoms with van der Waals surface area (Å²) < 4.78 is 11.1. The molecule has 0 aromatic heterocycles. The molecule has 0 atom stereocenters. The van der Waals surface area contributed by atoms with Crippen molar-refractivity contribution in [1.82, 2.24) is 0 Å². The monoisotopic (exact) mass is 251 g/mol. The molecule has 3 heteroatoms. The van der Waals surface area contributed by atoms with Crippen LogP contribution in [0.3, 0.4) is 0 Å². The van der Waals surface area contributed by atoms with E-state index in [0.29, 0.717) is 6.61 Å². The van der Waals surface area contributed by atoms with Gasteiger partial charge in [0.15, 0.2) is 0 Å². The summed E-state index contributed by atoms with van der Waals surface area (Å²) in [6.45, 7) is 7.96. The molecule has 1 rings (SSSR count). The Morgan fingerprint density at radius 1 is 1.17 bits per heavy atom. The first-order valence-corrected chi connectivity index (χ1v) is 6.50. The number of hydrogen-bond donors (Lipinski definition) is 1. The molecule has 0 heterocycles. The molecule has 0 saturated heterocycles. The van der Waals surface area contributed by atoms with Crippen LogP contribution in [0.2, 0.25) is 0 Å². The zero-order chi connectivity index (χ0) is 13.6. The average molecular weight is 251 g/mol. The van der Waals surface area contributed by atoms with Crippen LogP contribution < -0.4 is 15.2 Å². The van der Waals surface area contributed by atoms with Crippen molar-refractivity contribution in [3.63, 3.8) is 0 Å². The third-order valence-corrected chi connectivity index (χ3v) is 2.85. The van der Waals surface area contributed by atoms with Gasteiger partial charge >= 0.3 is 0 Å². The Hall–Kier alpha value is -1.22. The van der Waals surface area contributed by atoms with Gasteiger partial charge in [-0.25, -0.2) is 0 Å². The minimum absolute atomic E-state index is 0.0394. The van der Waals surface area contributed by atoms with Gasteiger partial charge in [0.1, 0.15) is 11.5 Å². The van der Waals surface area contributed by atoms with Gasteiger partial charge in [0.05, 0.1) is 13.7 Å².